The Morgan fingerprint density at radius 3 is 1.62 bits per heavy atom. The molecular formula is C25H19K2NO4. The molecule has 0 fully saturated rings. The molecule has 0 saturated carbocycles. The van der Waals surface area contributed by atoms with Crippen LogP contribution < -0.4 is 118 Å². The minimum Gasteiger partial charge on any atom is -0.548 e. The molecule has 5 nitrogen and oxygen atoms in total. The van der Waals surface area contributed by atoms with Gasteiger partial charge in [0.15, 0.2) is 0 Å². The SMILES string of the molecule is O=C([O-])CN(CC(=O)[O-])c1ccc(Cc2c3ccccc3cc3ccccc23)cc1.[K+].[K+]. The second-order valence-corrected chi connectivity index (χ2v) is 7.24. The van der Waals surface area contributed by atoms with Crippen LogP contribution in [0.3, 0.4) is 0 Å². The first-order chi connectivity index (χ1) is 14.5. The summed E-state index contributed by atoms with van der Waals surface area (Å²) in [5, 5.41) is 26.6. The molecule has 150 valence electrons. The van der Waals surface area contributed by atoms with E-state index in [1.807, 2.05) is 36.4 Å². The van der Waals surface area contributed by atoms with Gasteiger partial charge in [0.05, 0.1) is 25.0 Å². The van der Waals surface area contributed by atoms with Crippen molar-refractivity contribution in [2.24, 2.45) is 0 Å². The van der Waals surface area contributed by atoms with Gasteiger partial charge in [0.25, 0.3) is 0 Å². The van der Waals surface area contributed by atoms with E-state index >= 15 is 0 Å². The number of hydrogen-bond donors (Lipinski definition) is 0. The molecule has 0 bridgehead atoms. The van der Waals surface area contributed by atoms with Crippen molar-refractivity contribution in [3.8, 4) is 0 Å². The fourth-order valence-corrected chi connectivity index (χ4v) is 3.88. The Balaban J connectivity index is 0.00000181. The molecule has 0 aliphatic carbocycles. The van der Waals surface area contributed by atoms with Gasteiger partial charge in [0, 0.05) is 5.69 Å². The summed E-state index contributed by atoms with van der Waals surface area (Å²) in [6, 6.07) is 26.0. The first-order valence-corrected chi connectivity index (χ1v) is 9.64. The van der Waals surface area contributed by atoms with Crippen molar-refractivity contribution in [1.29, 1.82) is 0 Å². The number of fused-ring (bicyclic) bond motifs is 2. The van der Waals surface area contributed by atoms with Crippen molar-refractivity contribution >= 4 is 39.2 Å². The first kappa shape index (κ1) is 27.7. The van der Waals surface area contributed by atoms with Crippen molar-refractivity contribution in [3.63, 3.8) is 0 Å². The molecule has 0 N–H and O–H groups in total. The van der Waals surface area contributed by atoms with Crippen LogP contribution >= 0.6 is 0 Å². The van der Waals surface area contributed by atoms with Gasteiger partial charge in [0.1, 0.15) is 0 Å². The van der Waals surface area contributed by atoms with Gasteiger partial charge < -0.3 is 24.7 Å². The van der Waals surface area contributed by atoms with Gasteiger partial charge in [-0.25, -0.2) is 0 Å². The van der Waals surface area contributed by atoms with E-state index in [4.69, 9.17) is 0 Å². The number of carboxylic acids is 2. The first-order valence-electron chi connectivity index (χ1n) is 9.64. The third-order valence-electron chi connectivity index (χ3n) is 5.21. The number of nitrogens with zero attached hydrogens (tertiary/aromatic N) is 1. The van der Waals surface area contributed by atoms with Crippen LogP contribution in [0.4, 0.5) is 5.69 Å². The van der Waals surface area contributed by atoms with Crippen LogP contribution in [0.25, 0.3) is 21.5 Å². The summed E-state index contributed by atoms with van der Waals surface area (Å²) in [6.45, 7) is -1.03. The average molecular weight is 476 g/mol. The Labute approximate surface area is 271 Å². The third-order valence-corrected chi connectivity index (χ3v) is 5.21. The predicted octanol–water partition coefficient (Wildman–Crippen LogP) is -4.10. The fraction of sp³-hybridized carbons (Fsp3) is 0.120. The summed E-state index contributed by atoms with van der Waals surface area (Å²) in [7, 11) is 0. The van der Waals surface area contributed by atoms with Crippen molar-refractivity contribution in [2.45, 2.75) is 6.42 Å². The van der Waals surface area contributed by atoms with E-state index in [-0.39, 0.29) is 103 Å². The largest absolute Gasteiger partial charge is 1.00 e. The summed E-state index contributed by atoms with van der Waals surface area (Å²) in [5.74, 6) is -2.69. The predicted molar refractivity (Wildman–Crippen MR) is 113 cm³/mol. The van der Waals surface area contributed by atoms with Crippen molar-refractivity contribution in [3.05, 3.63) is 90.0 Å². The maximum absolute atomic E-state index is 11.0. The molecule has 0 heterocycles. The van der Waals surface area contributed by atoms with E-state index in [0.717, 1.165) is 5.56 Å². The summed E-state index contributed by atoms with van der Waals surface area (Å²) >= 11 is 0. The number of hydrogen-bond acceptors (Lipinski definition) is 5. The molecule has 0 unspecified atom stereocenters. The van der Waals surface area contributed by atoms with Gasteiger partial charge in [-0.15, -0.1) is 0 Å². The zero-order valence-electron chi connectivity index (χ0n) is 18.2. The minimum absolute atomic E-state index is 0. The standard InChI is InChI=1S/C25H21NO4.2K/c27-24(28)15-26(16-25(29)30)20-11-9-17(10-12-20)13-23-21-7-3-1-5-18(21)14-19-6-2-4-8-22(19)23;;/h1-12,14H,13,15-16H2,(H,27,28)(H,29,30);;/q;2*+1/p-2. The summed E-state index contributed by atoms with van der Waals surface area (Å²) in [4.78, 5) is 23.1. The molecule has 4 aromatic rings. The van der Waals surface area contributed by atoms with Gasteiger partial charge in [-0.1, -0.05) is 60.7 Å². The van der Waals surface area contributed by atoms with Crippen molar-refractivity contribution in [2.75, 3.05) is 18.0 Å². The van der Waals surface area contributed by atoms with Crippen LogP contribution in [0.5, 0.6) is 0 Å². The van der Waals surface area contributed by atoms with Crippen LogP contribution in [0.1, 0.15) is 11.1 Å². The van der Waals surface area contributed by atoms with E-state index < -0.39 is 25.0 Å². The molecule has 0 radical (unpaired) electrons. The molecule has 0 aliphatic rings. The molecule has 0 saturated heterocycles. The van der Waals surface area contributed by atoms with Gasteiger partial charge in [-0.05, 0) is 57.3 Å². The number of carbonyl (C=O) groups excluding carboxylic acids is 2. The quantitative estimate of drug-likeness (QED) is 0.200. The van der Waals surface area contributed by atoms with Crippen molar-refractivity contribution in [1.82, 2.24) is 0 Å². The minimum atomic E-state index is -1.34. The smallest absolute Gasteiger partial charge is 0.548 e. The van der Waals surface area contributed by atoms with Crippen LogP contribution in [0.2, 0.25) is 0 Å². The normalized spacial score (nSPS) is 10.2. The van der Waals surface area contributed by atoms with Crippen molar-refractivity contribution < 1.29 is 123 Å². The van der Waals surface area contributed by atoms with Crippen LogP contribution in [-0.2, 0) is 16.0 Å². The number of benzene rings is 4. The summed E-state index contributed by atoms with van der Waals surface area (Å²) < 4.78 is 0. The van der Waals surface area contributed by atoms with E-state index in [1.54, 1.807) is 12.1 Å². The van der Waals surface area contributed by atoms with E-state index in [2.05, 4.69) is 30.3 Å². The van der Waals surface area contributed by atoms with Crippen LogP contribution in [-0.4, -0.2) is 25.0 Å². The molecular weight excluding hydrogens is 456 g/mol. The zero-order valence-corrected chi connectivity index (χ0v) is 24.5. The number of aliphatic carboxylic acids is 2. The van der Waals surface area contributed by atoms with Gasteiger partial charge in [-0.3, -0.25) is 0 Å². The van der Waals surface area contributed by atoms with E-state index in [0.29, 0.717) is 12.1 Å². The molecule has 4 rings (SSSR count). The Morgan fingerprint density at radius 2 is 1.16 bits per heavy atom. The van der Waals surface area contributed by atoms with Gasteiger partial charge in [0.2, 0.25) is 0 Å². The topological polar surface area (TPSA) is 83.5 Å². The molecule has 0 amide bonds. The number of rotatable bonds is 7. The fourth-order valence-electron chi connectivity index (χ4n) is 3.88. The number of carboxylic acid groups (broad SMARTS) is 2. The maximum Gasteiger partial charge on any atom is 1.00 e. The number of anilines is 1. The zero-order chi connectivity index (χ0) is 21.1. The number of carbonyl (C=O) groups is 2. The van der Waals surface area contributed by atoms with Crippen LogP contribution in [0.15, 0.2) is 78.9 Å². The molecule has 0 atom stereocenters. The Hall–Kier alpha value is -0.587. The van der Waals surface area contributed by atoms with E-state index in [1.165, 1.54) is 32.0 Å². The van der Waals surface area contributed by atoms with Crippen LogP contribution in [0, 0.1) is 0 Å². The second kappa shape index (κ2) is 12.8. The van der Waals surface area contributed by atoms with Gasteiger partial charge in [-0.2, -0.15) is 0 Å². The van der Waals surface area contributed by atoms with Gasteiger partial charge >= 0.3 is 103 Å². The molecule has 4 aromatic carbocycles. The molecule has 0 aliphatic heterocycles. The molecule has 0 aromatic heterocycles. The summed E-state index contributed by atoms with van der Waals surface area (Å²) in [5.41, 5.74) is 2.76. The molecule has 0 spiro atoms. The third kappa shape index (κ3) is 6.73. The monoisotopic (exact) mass is 475 g/mol. The maximum atomic E-state index is 11.0. The Bertz CT molecular complexity index is 1170. The summed E-state index contributed by atoms with van der Waals surface area (Å²) in [6.07, 6.45) is 0.698. The second-order valence-electron chi connectivity index (χ2n) is 7.24. The Morgan fingerprint density at radius 1 is 0.688 bits per heavy atom. The van der Waals surface area contributed by atoms with E-state index in [9.17, 15) is 19.8 Å². The Kier molecular flexibility index (Phi) is 11.0. The molecule has 32 heavy (non-hydrogen) atoms. The average Bonchev–Trinajstić information content (AvgIpc) is 2.73. The molecule has 7 heteroatoms.